The van der Waals surface area contributed by atoms with E-state index in [-0.39, 0.29) is 0 Å². The van der Waals surface area contributed by atoms with Crippen LogP contribution in [0.25, 0.3) is 0 Å². The first-order chi connectivity index (χ1) is 6.74. The molecule has 0 aromatic carbocycles. The Hall–Kier alpha value is -1.42. The zero-order valence-electron chi connectivity index (χ0n) is 8.16. The van der Waals surface area contributed by atoms with Gasteiger partial charge >= 0.3 is 5.97 Å². The number of hydrogen-bond donors (Lipinski definition) is 2. The highest BCUT2D eigenvalue weighted by Crippen LogP contribution is 2.03. The molecule has 0 aliphatic heterocycles. The number of aromatic carboxylic acids is 1. The summed E-state index contributed by atoms with van der Waals surface area (Å²) in [7, 11) is 1.89. The van der Waals surface area contributed by atoms with Crippen molar-refractivity contribution in [2.24, 2.45) is 0 Å². The second kappa shape index (κ2) is 5.34. The number of rotatable bonds is 5. The van der Waals surface area contributed by atoms with Gasteiger partial charge in [0.15, 0.2) is 0 Å². The molecule has 1 heterocycles. The summed E-state index contributed by atoms with van der Waals surface area (Å²) in [6.45, 7) is 0.916. The van der Waals surface area contributed by atoms with Gasteiger partial charge in [0, 0.05) is 11.9 Å². The van der Waals surface area contributed by atoms with Crippen molar-refractivity contribution in [2.45, 2.75) is 12.8 Å². The Morgan fingerprint density at radius 2 is 2.43 bits per heavy atom. The molecule has 0 aliphatic carbocycles. The van der Waals surface area contributed by atoms with Gasteiger partial charge in [-0.25, -0.2) is 4.79 Å². The lowest BCUT2D eigenvalue weighted by Crippen LogP contribution is -2.09. The molecule has 2 N–H and O–H groups in total. The highest BCUT2D eigenvalue weighted by atomic mass is 16.4. The highest BCUT2D eigenvalue weighted by Gasteiger charge is 2.03. The summed E-state index contributed by atoms with van der Waals surface area (Å²) in [5.74, 6) is -0.901. The van der Waals surface area contributed by atoms with Crippen LogP contribution < -0.4 is 5.32 Å². The quantitative estimate of drug-likeness (QED) is 0.684. The molecule has 0 fully saturated rings. The van der Waals surface area contributed by atoms with E-state index in [1.165, 1.54) is 12.3 Å². The van der Waals surface area contributed by atoms with Crippen LogP contribution in [0.2, 0.25) is 0 Å². The third-order valence-electron chi connectivity index (χ3n) is 1.92. The summed E-state index contributed by atoms with van der Waals surface area (Å²) >= 11 is 0. The van der Waals surface area contributed by atoms with Crippen molar-refractivity contribution in [2.75, 3.05) is 13.6 Å². The lowest BCUT2D eigenvalue weighted by molar-refractivity contribution is 0.0696. The third kappa shape index (κ3) is 3.14. The van der Waals surface area contributed by atoms with Gasteiger partial charge in [-0.15, -0.1) is 0 Å². The van der Waals surface area contributed by atoms with Gasteiger partial charge in [-0.1, -0.05) is 0 Å². The monoisotopic (exact) mass is 194 g/mol. The third-order valence-corrected chi connectivity index (χ3v) is 1.92. The molecule has 0 amide bonds. The summed E-state index contributed by atoms with van der Waals surface area (Å²) in [6.07, 6.45) is 3.31. The number of carbonyl (C=O) groups is 1. The minimum Gasteiger partial charge on any atom is -0.478 e. The highest BCUT2D eigenvalue weighted by molar-refractivity contribution is 5.87. The molecule has 1 aromatic rings. The largest absolute Gasteiger partial charge is 0.478 e. The van der Waals surface area contributed by atoms with E-state index in [1.54, 1.807) is 6.07 Å². The maximum absolute atomic E-state index is 10.6. The molecule has 0 spiro atoms. The summed E-state index contributed by atoms with van der Waals surface area (Å²) < 4.78 is 0. The molecule has 1 aromatic heterocycles. The van der Waals surface area contributed by atoms with Gasteiger partial charge in [0.2, 0.25) is 0 Å². The molecule has 76 valence electrons. The van der Waals surface area contributed by atoms with Crippen LogP contribution in [0.3, 0.4) is 0 Å². The van der Waals surface area contributed by atoms with Crippen LogP contribution in [0.4, 0.5) is 0 Å². The number of aromatic nitrogens is 1. The standard InChI is InChI=1S/C10H14N2O2/c1-11-5-2-3-9-7-8(10(13)14)4-6-12-9/h4,6-7,11H,2-3,5H2,1H3,(H,13,14). The fraction of sp³-hybridized carbons (Fsp3) is 0.400. The normalized spacial score (nSPS) is 10.1. The average molecular weight is 194 g/mol. The van der Waals surface area contributed by atoms with Gasteiger partial charge in [-0.3, -0.25) is 4.98 Å². The molecule has 1 rings (SSSR count). The lowest BCUT2D eigenvalue weighted by atomic mass is 10.1. The number of nitrogens with one attached hydrogen (secondary N) is 1. The second-order valence-corrected chi connectivity index (χ2v) is 3.05. The molecule has 4 heteroatoms. The molecule has 0 aliphatic rings. The van der Waals surface area contributed by atoms with E-state index in [2.05, 4.69) is 10.3 Å². The Morgan fingerprint density at radius 3 is 3.07 bits per heavy atom. The van der Waals surface area contributed by atoms with Gasteiger partial charge in [0.25, 0.3) is 0 Å². The van der Waals surface area contributed by atoms with Gasteiger partial charge in [0.05, 0.1) is 5.56 Å². The molecule has 0 saturated heterocycles. The molecular weight excluding hydrogens is 180 g/mol. The predicted molar refractivity (Wildman–Crippen MR) is 53.4 cm³/mol. The van der Waals surface area contributed by atoms with E-state index < -0.39 is 5.97 Å². The Bertz CT molecular complexity index is 313. The average Bonchev–Trinajstić information content (AvgIpc) is 2.19. The van der Waals surface area contributed by atoms with Gasteiger partial charge in [0.1, 0.15) is 0 Å². The topological polar surface area (TPSA) is 62.2 Å². The molecule has 0 bridgehead atoms. The fourth-order valence-electron chi connectivity index (χ4n) is 1.19. The zero-order valence-corrected chi connectivity index (χ0v) is 8.16. The van der Waals surface area contributed by atoms with E-state index in [9.17, 15) is 4.79 Å². The van der Waals surface area contributed by atoms with E-state index in [0.29, 0.717) is 5.56 Å². The van der Waals surface area contributed by atoms with Crippen LogP contribution >= 0.6 is 0 Å². The lowest BCUT2D eigenvalue weighted by Gasteiger charge is -2.01. The first-order valence-corrected chi connectivity index (χ1v) is 4.57. The summed E-state index contributed by atoms with van der Waals surface area (Å²) in [5.41, 5.74) is 1.14. The Balaban J connectivity index is 2.59. The Morgan fingerprint density at radius 1 is 1.64 bits per heavy atom. The van der Waals surface area contributed by atoms with Crippen molar-refractivity contribution < 1.29 is 9.90 Å². The van der Waals surface area contributed by atoms with Crippen molar-refractivity contribution in [1.29, 1.82) is 0 Å². The summed E-state index contributed by atoms with van der Waals surface area (Å²) in [5, 5.41) is 11.8. The molecule has 0 radical (unpaired) electrons. The second-order valence-electron chi connectivity index (χ2n) is 3.05. The van der Waals surface area contributed by atoms with Crippen LogP contribution in [0.15, 0.2) is 18.3 Å². The SMILES string of the molecule is CNCCCc1cc(C(=O)O)ccn1. The summed E-state index contributed by atoms with van der Waals surface area (Å²) in [4.78, 5) is 14.7. The Kier molecular flexibility index (Phi) is 4.07. The van der Waals surface area contributed by atoms with Gasteiger partial charge < -0.3 is 10.4 Å². The first-order valence-electron chi connectivity index (χ1n) is 4.57. The van der Waals surface area contributed by atoms with E-state index >= 15 is 0 Å². The van der Waals surface area contributed by atoms with Crippen molar-refractivity contribution in [3.63, 3.8) is 0 Å². The minimum absolute atomic E-state index is 0.305. The molecule has 14 heavy (non-hydrogen) atoms. The van der Waals surface area contributed by atoms with Gasteiger partial charge in [-0.2, -0.15) is 0 Å². The molecule has 0 unspecified atom stereocenters. The maximum Gasteiger partial charge on any atom is 0.335 e. The molecule has 4 nitrogen and oxygen atoms in total. The number of carboxylic acid groups (broad SMARTS) is 1. The van der Waals surface area contributed by atoms with E-state index in [4.69, 9.17) is 5.11 Å². The van der Waals surface area contributed by atoms with Crippen molar-refractivity contribution in [3.8, 4) is 0 Å². The zero-order chi connectivity index (χ0) is 10.4. The van der Waals surface area contributed by atoms with Gasteiger partial charge in [-0.05, 0) is 38.6 Å². The number of nitrogens with zero attached hydrogens (tertiary/aromatic N) is 1. The van der Waals surface area contributed by atoms with Crippen LogP contribution in [-0.4, -0.2) is 29.7 Å². The number of aryl methyl sites for hydroxylation is 1. The van der Waals surface area contributed by atoms with Crippen molar-refractivity contribution in [3.05, 3.63) is 29.6 Å². The maximum atomic E-state index is 10.6. The predicted octanol–water partition coefficient (Wildman–Crippen LogP) is 0.932. The number of carboxylic acids is 1. The minimum atomic E-state index is -0.901. The van der Waals surface area contributed by atoms with Crippen molar-refractivity contribution in [1.82, 2.24) is 10.3 Å². The van der Waals surface area contributed by atoms with E-state index in [0.717, 1.165) is 25.1 Å². The van der Waals surface area contributed by atoms with Crippen LogP contribution in [0.1, 0.15) is 22.5 Å². The molecular formula is C10H14N2O2. The summed E-state index contributed by atoms with van der Waals surface area (Å²) in [6, 6.07) is 3.13. The molecule has 0 saturated carbocycles. The number of pyridine rings is 1. The molecule has 0 atom stereocenters. The van der Waals surface area contributed by atoms with Crippen LogP contribution in [0.5, 0.6) is 0 Å². The Labute approximate surface area is 83.0 Å². The smallest absolute Gasteiger partial charge is 0.335 e. The van der Waals surface area contributed by atoms with Crippen LogP contribution in [0, 0.1) is 0 Å². The van der Waals surface area contributed by atoms with Crippen LogP contribution in [-0.2, 0) is 6.42 Å². The number of hydrogen-bond acceptors (Lipinski definition) is 3. The first kappa shape index (κ1) is 10.7. The van der Waals surface area contributed by atoms with E-state index in [1.807, 2.05) is 7.05 Å². The fourth-order valence-corrected chi connectivity index (χ4v) is 1.19. The van der Waals surface area contributed by atoms with Crippen molar-refractivity contribution >= 4 is 5.97 Å².